The molecule has 0 unspecified atom stereocenters. The van der Waals surface area contributed by atoms with Crippen molar-refractivity contribution >= 4 is 0 Å². The summed E-state index contributed by atoms with van der Waals surface area (Å²) in [6.07, 6.45) is 0.822. The molecular weight excluding hydrogens is 176 g/mol. The molecule has 0 spiro atoms. The normalized spacial score (nSPS) is 10.4. The number of benzene rings is 1. The maximum absolute atomic E-state index is 11.1. The summed E-state index contributed by atoms with van der Waals surface area (Å²) in [4.78, 5) is 16.7. The van der Waals surface area contributed by atoms with Gasteiger partial charge in [0.25, 0.3) is 0 Å². The predicted octanol–water partition coefficient (Wildman–Crippen LogP) is 1.93. The van der Waals surface area contributed by atoms with E-state index in [1.54, 1.807) is 0 Å². The highest BCUT2D eigenvalue weighted by Gasteiger charge is 2.06. The summed E-state index contributed by atoms with van der Waals surface area (Å²) in [6.45, 7) is 2.02. The van der Waals surface area contributed by atoms with Gasteiger partial charge in [0.05, 0.1) is 5.69 Å². The fourth-order valence-corrected chi connectivity index (χ4v) is 1.54. The van der Waals surface area contributed by atoms with Gasteiger partial charge in [-0.2, -0.15) is 0 Å². The molecule has 1 aromatic carbocycles. The zero-order chi connectivity index (χ0) is 9.97. The molecule has 2 aromatic rings. The van der Waals surface area contributed by atoms with Crippen molar-refractivity contribution in [2.45, 2.75) is 13.3 Å². The number of aryl methyl sites for hydroxylation is 1. The molecule has 2 N–H and O–H groups in total. The summed E-state index contributed by atoms with van der Waals surface area (Å²) in [7, 11) is 0. The average molecular weight is 188 g/mol. The zero-order valence-electron chi connectivity index (χ0n) is 8.00. The molecule has 0 saturated carbocycles. The third-order valence-corrected chi connectivity index (χ3v) is 2.22. The molecule has 0 saturated heterocycles. The van der Waals surface area contributed by atoms with Gasteiger partial charge in [-0.25, -0.2) is 4.79 Å². The Kier molecular flexibility index (Phi) is 2.23. The van der Waals surface area contributed by atoms with Crippen molar-refractivity contribution in [1.29, 1.82) is 0 Å². The maximum Gasteiger partial charge on any atom is 0.323 e. The van der Waals surface area contributed by atoms with E-state index in [9.17, 15) is 4.79 Å². The van der Waals surface area contributed by atoms with Crippen LogP contribution in [-0.4, -0.2) is 9.97 Å². The molecule has 14 heavy (non-hydrogen) atoms. The van der Waals surface area contributed by atoms with E-state index in [1.165, 1.54) is 0 Å². The van der Waals surface area contributed by atoms with Crippen LogP contribution in [-0.2, 0) is 6.42 Å². The van der Waals surface area contributed by atoms with Crippen LogP contribution in [0.1, 0.15) is 12.6 Å². The van der Waals surface area contributed by atoms with Gasteiger partial charge in [0, 0.05) is 5.69 Å². The van der Waals surface area contributed by atoms with Crippen molar-refractivity contribution in [1.82, 2.24) is 9.97 Å². The van der Waals surface area contributed by atoms with E-state index >= 15 is 0 Å². The lowest BCUT2D eigenvalue weighted by Crippen LogP contribution is -2.00. The number of hydrogen-bond donors (Lipinski definition) is 2. The lowest BCUT2D eigenvalue weighted by atomic mass is 10.1. The molecule has 3 heteroatoms. The lowest BCUT2D eigenvalue weighted by molar-refractivity contribution is 1.05. The summed E-state index contributed by atoms with van der Waals surface area (Å²) in [5.74, 6) is 0. The van der Waals surface area contributed by atoms with Crippen LogP contribution in [0.2, 0.25) is 0 Å². The minimum atomic E-state index is -0.138. The molecule has 0 aliphatic rings. The summed E-state index contributed by atoms with van der Waals surface area (Å²) in [5, 5.41) is 0. The van der Waals surface area contributed by atoms with Gasteiger partial charge in [-0.15, -0.1) is 0 Å². The highest BCUT2D eigenvalue weighted by Crippen LogP contribution is 2.18. The monoisotopic (exact) mass is 188 g/mol. The fourth-order valence-electron chi connectivity index (χ4n) is 1.54. The van der Waals surface area contributed by atoms with Crippen LogP contribution >= 0.6 is 0 Å². The molecule has 1 aromatic heterocycles. The number of hydrogen-bond acceptors (Lipinski definition) is 1. The standard InChI is InChI=1S/C11H12N2O/c1-2-9-10(13-11(14)12-9)8-6-4-3-5-7-8/h3-7H,2H2,1H3,(H2,12,13,14). The van der Waals surface area contributed by atoms with E-state index in [-0.39, 0.29) is 5.69 Å². The molecule has 2 rings (SSSR count). The third-order valence-electron chi connectivity index (χ3n) is 2.22. The van der Waals surface area contributed by atoms with Gasteiger partial charge in [0.15, 0.2) is 0 Å². The van der Waals surface area contributed by atoms with Crippen LogP contribution in [0.5, 0.6) is 0 Å². The Morgan fingerprint density at radius 3 is 2.50 bits per heavy atom. The van der Waals surface area contributed by atoms with Crippen LogP contribution in [0.3, 0.4) is 0 Å². The van der Waals surface area contributed by atoms with Crippen molar-refractivity contribution in [2.75, 3.05) is 0 Å². The van der Waals surface area contributed by atoms with Crippen molar-refractivity contribution < 1.29 is 0 Å². The first-order chi connectivity index (χ1) is 6.81. The summed E-state index contributed by atoms with van der Waals surface area (Å²) >= 11 is 0. The first kappa shape index (κ1) is 8.81. The highest BCUT2D eigenvalue weighted by molar-refractivity contribution is 5.61. The van der Waals surface area contributed by atoms with E-state index in [0.29, 0.717) is 0 Å². The Morgan fingerprint density at radius 2 is 1.86 bits per heavy atom. The van der Waals surface area contributed by atoms with Crippen molar-refractivity contribution in [2.24, 2.45) is 0 Å². The van der Waals surface area contributed by atoms with Crippen LogP contribution in [0.4, 0.5) is 0 Å². The zero-order valence-corrected chi connectivity index (χ0v) is 8.00. The Hall–Kier alpha value is -1.77. The van der Waals surface area contributed by atoms with Gasteiger partial charge in [-0.1, -0.05) is 37.3 Å². The Morgan fingerprint density at radius 1 is 1.14 bits per heavy atom. The van der Waals surface area contributed by atoms with Gasteiger partial charge in [0.1, 0.15) is 0 Å². The number of rotatable bonds is 2. The number of nitrogens with one attached hydrogen (secondary N) is 2. The molecule has 0 fully saturated rings. The molecular formula is C11H12N2O. The predicted molar refractivity (Wildman–Crippen MR) is 56.2 cm³/mol. The molecule has 0 bridgehead atoms. The SMILES string of the molecule is CCc1[nH]c(=O)[nH]c1-c1ccccc1. The van der Waals surface area contributed by atoms with Crippen LogP contribution < -0.4 is 5.69 Å². The van der Waals surface area contributed by atoms with E-state index in [2.05, 4.69) is 9.97 Å². The van der Waals surface area contributed by atoms with Crippen LogP contribution in [0, 0.1) is 0 Å². The first-order valence-corrected chi connectivity index (χ1v) is 4.68. The second kappa shape index (κ2) is 3.54. The van der Waals surface area contributed by atoms with E-state index in [4.69, 9.17) is 0 Å². The van der Waals surface area contributed by atoms with E-state index in [1.807, 2.05) is 37.3 Å². The molecule has 72 valence electrons. The van der Waals surface area contributed by atoms with Crippen molar-refractivity contribution in [3.63, 3.8) is 0 Å². The number of imidazole rings is 1. The number of H-pyrrole nitrogens is 2. The van der Waals surface area contributed by atoms with Gasteiger partial charge in [-0.05, 0) is 12.0 Å². The van der Waals surface area contributed by atoms with Gasteiger partial charge < -0.3 is 9.97 Å². The largest absolute Gasteiger partial charge is 0.323 e. The Labute approximate surface area is 81.8 Å². The van der Waals surface area contributed by atoms with E-state index < -0.39 is 0 Å². The smallest absolute Gasteiger partial charge is 0.309 e. The number of aromatic nitrogens is 2. The minimum absolute atomic E-state index is 0.138. The van der Waals surface area contributed by atoms with Gasteiger partial charge in [-0.3, -0.25) is 0 Å². The Balaban J connectivity index is 2.56. The lowest BCUT2D eigenvalue weighted by Gasteiger charge is -1.99. The molecule has 0 atom stereocenters. The highest BCUT2D eigenvalue weighted by atomic mass is 16.1. The van der Waals surface area contributed by atoms with E-state index in [0.717, 1.165) is 23.4 Å². The van der Waals surface area contributed by atoms with Gasteiger partial charge in [0.2, 0.25) is 0 Å². The average Bonchev–Trinajstić information content (AvgIpc) is 2.61. The second-order valence-corrected chi connectivity index (χ2v) is 3.15. The van der Waals surface area contributed by atoms with Crippen molar-refractivity contribution in [3.8, 4) is 11.3 Å². The summed E-state index contributed by atoms with van der Waals surface area (Å²) < 4.78 is 0. The Bertz CT molecular complexity index is 468. The molecule has 0 radical (unpaired) electrons. The third kappa shape index (κ3) is 1.48. The molecule has 0 amide bonds. The first-order valence-electron chi connectivity index (χ1n) is 4.68. The topological polar surface area (TPSA) is 48.6 Å². The van der Waals surface area contributed by atoms with Crippen LogP contribution in [0.15, 0.2) is 35.1 Å². The summed E-state index contributed by atoms with van der Waals surface area (Å²) in [6, 6.07) is 9.84. The molecule has 1 heterocycles. The number of aromatic amines is 2. The van der Waals surface area contributed by atoms with Crippen LogP contribution in [0.25, 0.3) is 11.3 Å². The van der Waals surface area contributed by atoms with Crippen molar-refractivity contribution in [3.05, 3.63) is 46.5 Å². The molecule has 3 nitrogen and oxygen atoms in total. The molecule has 0 aliphatic carbocycles. The maximum atomic E-state index is 11.1. The summed E-state index contributed by atoms with van der Waals surface area (Å²) in [5.41, 5.74) is 2.77. The minimum Gasteiger partial charge on any atom is -0.309 e. The quantitative estimate of drug-likeness (QED) is 0.743. The van der Waals surface area contributed by atoms with Gasteiger partial charge >= 0.3 is 5.69 Å². The second-order valence-electron chi connectivity index (χ2n) is 3.15. The fraction of sp³-hybridized carbons (Fsp3) is 0.182. The molecule has 0 aliphatic heterocycles.